The summed E-state index contributed by atoms with van der Waals surface area (Å²) in [7, 11) is 2.17. The molecule has 0 spiro atoms. The number of aromatic nitrogens is 2. The molecule has 1 unspecified atom stereocenters. The lowest BCUT2D eigenvalue weighted by Crippen LogP contribution is -2.50. The molecule has 82 valence electrons. The molecule has 1 aromatic rings. The van der Waals surface area contributed by atoms with E-state index in [4.69, 9.17) is 0 Å². The molecule has 0 amide bonds. The molecule has 1 N–H and O–H groups in total. The van der Waals surface area contributed by atoms with E-state index in [2.05, 4.69) is 27.2 Å². The summed E-state index contributed by atoms with van der Waals surface area (Å²) in [5, 5.41) is 3.52. The van der Waals surface area contributed by atoms with Crippen molar-refractivity contribution >= 4 is 0 Å². The highest BCUT2D eigenvalue weighted by Crippen LogP contribution is 2.04. The highest BCUT2D eigenvalue weighted by molar-refractivity contribution is 5.04. The van der Waals surface area contributed by atoms with Crippen molar-refractivity contribution in [3.63, 3.8) is 0 Å². The molecule has 1 aliphatic heterocycles. The minimum absolute atomic E-state index is 0.526. The van der Waals surface area contributed by atoms with E-state index >= 15 is 0 Å². The normalized spacial score (nSPS) is 22.9. The van der Waals surface area contributed by atoms with E-state index in [9.17, 15) is 0 Å². The van der Waals surface area contributed by atoms with Crippen LogP contribution in [-0.2, 0) is 6.42 Å². The molecule has 2 rings (SSSR count). The van der Waals surface area contributed by atoms with E-state index in [1.807, 2.05) is 19.2 Å². The van der Waals surface area contributed by atoms with Gasteiger partial charge in [-0.05, 0) is 20.0 Å². The van der Waals surface area contributed by atoms with Crippen molar-refractivity contribution in [2.75, 3.05) is 26.7 Å². The van der Waals surface area contributed by atoms with Crippen LogP contribution in [0.15, 0.2) is 12.3 Å². The van der Waals surface area contributed by atoms with E-state index in [1.165, 1.54) is 0 Å². The summed E-state index contributed by atoms with van der Waals surface area (Å²) in [4.78, 5) is 10.9. The van der Waals surface area contributed by atoms with Crippen LogP contribution in [0.5, 0.6) is 0 Å². The first kappa shape index (κ1) is 10.5. The smallest absolute Gasteiger partial charge is 0.125 e. The molecule has 1 aromatic heterocycles. The molecular weight excluding hydrogens is 188 g/mol. The van der Waals surface area contributed by atoms with Crippen molar-refractivity contribution in [1.29, 1.82) is 0 Å². The topological polar surface area (TPSA) is 41.1 Å². The Labute approximate surface area is 90.7 Å². The standard InChI is InChI=1S/C11H18N4/c1-9-12-4-3-10(14-9)7-11-8-15(2)6-5-13-11/h3-4,11,13H,5-8H2,1-2H3. The third kappa shape index (κ3) is 2.97. The highest BCUT2D eigenvalue weighted by atomic mass is 15.2. The largest absolute Gasteiger partial charge is 0.311 e. The molecule has 4 nitrogen and oxygen atoms in total. The SMILES string of the molecule is Cc1nccc(CC2CN(C)CCN2)n1. The van der Waals surface area contributed by atoms with Gasteiger partial charge >= 0.3 is 0 Å². The van der Waals surface area contributed by atoms with Crippen LogP contribution in [0.25, 0.3) is 0 Å². The molecule has 0 saturated carbocycles. The summed E-state index contributed by atoms with van der Waals surface area (Å²) in [6, 6.07) is 2.53. The Kier molecular flexibility index (Phi) is 3.28. The second-order valence-corrected chi connectivity index (χ2v) is 4.21. The Morgan fingerprint density at radius 3 is 3.20 bits per heavy atom. The maximum absolute atomic E-state index is 4.42. The molecule has 15 heavy (non-hydrogen) atoms. The van der Waals surface area contributed by atoms with Gasteiger partial charge in [0.1, 0.15) is 5.82 Å². The van der Waals surface area contributed by atoms with Crippen molar-refractivity contribution in [3.8, 4) is 0 Å². The fourth-order valence-corrected chi connectivity index (χ4v) is 2.00. The summed E-state index contributed by atoms with van der Waals surface area (Å²) in [6.07, 6.45) is 2.83. The third-order valence-corrected chi connectivity index (χ3v) is 2.75. The van der Waals surface area contributed by atoms with Crippen LogP contribution in [-0.4, -0.2) is 47.6 Å². The molecule has 1 saturated heterocycles. The number of nitrogens with zero attached hydrogens (tertiary/aromatic N) is 3. The molecule has 4 heteroatoms. The average Bonchev–Trinajstić information content (AvgIpc) is 2.17. The van der Waals surface area contributed by atoms with Crippen LogP contribution in [0, 0.1) is 6.92 Å². The average molecular weight is 206 g/mol. The number of rotatable bonds is 2. The van der Waals surface area contributed by atoms with E-state index in [0.717, 1.165) is 37.6 Å². The van der Waals surface area contributed by atoms with Gasteiger partial charge in [0.15, 0.2) is 0 Å². The highest BCUT2D eigenvalue weighted by Gasteiger charge is 2.16. The van der Waals surface area contributed by atoms with Crippen LogP contribution < -0.4 is 5.32 Å². The van der Waals surface area contributed by atoms with Crippen LogP contribution in [0.1, 0.15) is 11.5 Å². The minimum Gasteiger partial charge on any atom is -0.311 e. The van der Waals surface area contributed by atoms with E-state index in [1.54, 1.807) is 0 Å². The van der Waals surface area contributed by atoms with Crippen molar-refractivity contribution in [3.05, 3.63) is 23.8 Å². The zero-order valence-corrected chi connectivity index (χ0v) is 9.40. The predicted molar refractivity (Wildman–Crippen MR) is 59.8 cm³/mol. The van der Waals surface area contributed by atoms with Gasteiger partial charge in [-0.15, -0.1) is 0 Å². The second-order valence-electron chi connectivity index (χ2n) is 4.21. The van der Waals surface area contributed by atoms with Gasteiger partial charge < -0.3 is 10.2 Å². The van der Waals surface area contributed by atoms with Crippen molar-refractivity contribution in [2.45, 2.75) is 19.4 Å². The fourth-order valence-electron chi connectivity index (χ4n) is 2.00. The maximum Gasteiger partial charge on any atom is 0.125 e. The Bertz CT molecular complexity index is 326. The summed E-state index contributed by atoms with van der Waals surface area (Å²) >= 11 is 0. The molecule has 1 aliphatic rings. The molecule has 0 aliphatic carbocycles. The Morgan fingerprint density at radius 2 is 2.47 bits per heavy atom. The summed E-state index contributed by atoms with van der Waals surface area (Å²) in [5.74, 6) is 0.858. The van der Waals surface area contributed by atoms with Gasteiger partial charge in [-0.1, -0.05) is 0 Å². The van der Waals surface area contributed by atoms with Crippen molar-refractivity contribution in [2.24, 2.45) is 0 Å². The Balaban J connectivity index is 1.96. The number of likely N-dealkylation sites (N-methyl/N-ethyl adjacent to an activating group) is 1. The monoisotopic (exact) mass is 206 g/mol. The van der Waals surface area contributed by atoms with Crippen LogP contribution in [0.2, 0.25) is 0 Å². The number of nitrogens with one attached hydrogen (secondary N) is 1. The zero-order chi connectivity index (χ0) is 10.7. The maximum atomic E-state index is 4.42. The lowest BCUT2D eigenvalue weighted by atomic mass is 10.1. The molecule has 0 aromatic carbocycles. The first-order valence-corrected chi connectivity index (χ1v) is 5.44. The first-order valence-electron chi connectivity index (χ1n) is 5.44. The summed E-state index contributed by atoms with van der Waals surface area (Å²) in [5.41, 5.74) is 1.13. The summed E-state index contributed by atoms with van der Waals surface area (Å²) in [6.45, 7) is 5.25. The molecule has 1 fully saturated rings. The number of hydrogen-bond donors (Lipinski definition) is 1. The van der Waals surface area contributed by atoms with Crippen LogP contribution >= 0.6 is 0 Å². The molecule has 1 atom stereocenters. The minimum atomic E-state index is 0.526. The van der Waals surface area contributed by atoms with Crippen molar-refractivity contribution < 1.29 is 0 Å². The van der Waals surface area contributed by atoms with E-state index in [-0.39, 0.29) is 0 Å². The number of hydrogen-bond acceptors (Lipinski definition) is 4. The number of piperazine rings is 1. The molecular formula is C11H18N4. The van der Waals surface area contributed by atoms with Gasteiger partial charge in [-0.3, -0.25) is 0 Å². The van der Waals surface area contributed by atoms with Gasteiger partial charge in [-0.25, -0.2) is 9.97 Å². The third-order valence-electron chi connectivity index (χ3n) is 2.75. The zero-order valence-electron chi connectivity index (χ0n) is 9.40. The van der Waals surface area contributed by atoms with Gasteiger partial charge in [0, 0.05) is 44.0 Å². The predicted octanol–water partition coefficient (Wildman–Crippen LogP) is 0.231. The Hall–Kier alpha value is -1.00. The fraction of sp³-hybridized carbons (Fsp3) is 0.636. The lowest BCUT2D eigenvalue weighted by Gasteiger charge is -2.30. The van der Waals surface area contributed by atoms with Gasteiger partial charge in [0.25, 0.3) is 0 Å². The van der Waals surface area contributed by atoms with Crippen molar-refractivity contribution in [1.82, 2.24) is 20.2 Å². The van der Waals surface area contributed by atoms with E-state index in [0.29, 0.717) is 6.04 Å². The quantitative estimate of drug-likeness (QED) is 0.752. The molecule has 0 bridgehead atoms. The van der Waals surface area contributed by atoms with Gasteiger partial charge in [0.2, 0.25) is 0 Å². The van der Waals surface area contributed by atoms with Crippen LogP contribution in [0.4, 0.5) is 0 Å². The van der Waals surface area contributed by atoms with Crippen LogP contribution in [0.3, 0.4) is 0 Å². The van der Waals surface area contributed by atoms with Gasteiger partial charge in [-0.2, -0.15) is 0 Å². The second kappa shape index (κ2) is 4.68. The van der Waals surface area contributed by atoms with E-state index < -0.39 is 0 Å². The van der Waals surface area contributed by atoms with Gasteiger partial charge in [0.05, 0.1) is 0 Å². The molecule has 2 heterocycles. The Morgan fingerprint density at radius 1 is 1.60 bits per heavy atom. The summed E-state index contributed by atoms with van der Waals surface area (Å²) < 4.78 is 0. The number of aryl methyl sites for hydroxylation is 1. The molecule has 0 radical (unpaired) electrons. The first-order chi connectivity index (χ1) is 7.24. The lowest BCUT2D eigenvalue weighted by molar-refractivity contribution is 0.237.